The van der Waals surface area contributed by atoms with Crippen LogP contribution >= 0.6 is 11.6 Å². The first-order valence-electron chi connectivity index (χ1n) is 9.59. The molecule has 0 bridgehead atoms. The van der Waals surface area contributed by atoms with Crippen LogP contribution in [0.5, 0.6) is 5.75 Å². The van der Waals surface area contributed by atoms with Gasteiger partial charge in [-0.2, -0.15) is 0 Å². The Balaban J connectivity index is 1.65. The second-order valence-corrected chi connectivity index (χ2v) is 7.96. The summed E-state index contributed by atoms with van der Waals surface area (Å²) in [6.07, 6.45) is 2.01. The summed E-state index contributed by atoms with van der Waals surface area (Å²) < 4.78 is 6.03. The number of hydrogen-bond acceptors (Lipinski definition) is 4. The minimum atomic E-state index is -1.16. The van der Waals surface area contributed by atoms with Gasteiger partial charge in [0.1, 0.15) is 18.8 Å². The van der Waals surface area contributed by atoms with Crippen molar-refractivity contribution in [1.82, 2.24) is 0 Å². The van der Waals surface area contributed by atoms with E-state index in [1.165, 1.54) is 12.8 Å². The van der Waals surface area contributed by atoms with Gasteiger partial charge in [-0.3, -0.25) is 9.59 Å². The molecule has 2 aromatic rings. The highest BCUT2D eigenvalue weighted by Gasteiger charge is 2.20. The number of carbonyl (C=O) groups excluding carboxylic acids is 1. The maximum absolute atomic E-state index is 11.7. The molecule has 7 heteroatoms. The average molecular weight is 417 g/mol. The summed E-state index contributed by atoms with van der Waals surface area (Å²) in [4.78, 5) is 22.3. The first kappa shape index (κ1) is 21.0. The monoisotopic (exact) mass is 416 g/mol. The molecule has 0 saturated heterocycles. The summed E-state index contributed by atoms with van der Waals surface area (Å²) in [6.45, 7) is 5.10. The molecule has 0 atom stereocenters. The Hall–Kier alpha value is -2.73. The van der Waals surface area contributed by atoms with Crippen LogP contribution in [0.4, 0.5) is 11.4 Å². The number of carbonyl (C=O) groups is 2. The SMILES string of the molecule is Cc1cc(NC(=O)CC(=O)O)cc(C)c1OCc1cc(Cl)cc(NCC2CC2)c1. The topological polar surface area (TPSA) is 87.7 Å². The molecule has 3 N–H and O–H groups in total. The van der Waals surface area contributed by atoms with Crippen molar-refractivity contribution in [2.75, 3.05) is 17.2 Å². The van der Waals surface area contributed by atoms with E-state index in [-0.39, 0.29) is 0 Å². The lowest BCUT2D eigenvalue weighted by atomic mass is 10.1. The molecule has 0 unspecified atom stereocenters. The number of rotatable bonds is 9. The fraction of sp³-hybridized carbons (Fsp3) is 0.364. The molecular weight excluding hydrogens is 392 g/mol. The maximum Gasteiger partial charge on any atom is 0.312 e. The van der Waals surface area contributed by atoms with E-state index in [1.54, 1.807) is 12.1 Å². The Kier molecular flexibility index (Phi) is 6.64. The zero-order chi connectivity index (χ0) is 21.0. The van der Waals surface area contributed by atoms with E-state index in [2.05, 4.69) is 10.6 Å². The van der Waals surface area contributed by atoms with Gasteiger partial charge in [0.05, 0.1) is 0 Å². The number of aryl methyl sites for hydroxylation is 2. The van der Waals surface area contributed by atoms with E-state index in [4.69, 9.17) is 21.4 Å². The van der Waals surface area contributed by atoms with Crippen molar-refractivity contribution in [3.05, 3.63) is 52.0 Å². The second kappa shape index (κ2) is 9.18. The molecule has 1 fully saturated rings. The first-order valence-corrected chi connectivity index (χ1v) is 9.97. The van der Waals surface area contributed by atoms with Crippen molar-refractivity contribution in [3.8, 4) is 5.75 Å². The van der Waals surface area contributed by atoms with E-state index >= 15 is 0 Å². The molecule has 1 aliphatic rings. The van der Waals surface area contributed by atoms with Crippen LogP contribution in [0.25, 0.3) is 0 Å². The zero-order valence-electron chi connectivity index (χ0n) is 16.5. The van der Waals surface area contributed by atoms with Crippen molar-refractivity contribution < 1.29 is 19.4 Å². The Morgan fingerprint density at radius 1 is 1.10 bits per heavy atom. The lowest BCUT2D eigenvalue weighted by Crippen LogP contribution is -2.16. The number of ether oxygens (including phenoxy) is 1. The van der Waals surface area contributed by atoms with Crippen molar-refractivity contribution in [3.63, 3.8) is 0 Å². The highest BCUT2D eigenvalue weighted by molar-refractivity contribution is 6.30. The van der Waals surface area contributed by atoms with Crippen LogP contribution < -0.4 is 15.4 Å². The van der Waals surface area contributed by atoms with Crippen molar-refractivity contribution in [2.45, 2.75) is 39.7 Å². The maximum atomic E-state index is 11.7. The Morgan fingerprint density at radius 3 is 2.41 bits per heavy atom. The summed E-state index contributed by atoms with van der Waals surface area (Å²) in [6, 6.07) is 9.37. The van der Waals surface area contributed by atoms with Crippen LogP contribution in [0.3, 0.4) is 0 Å². The highest BCUT2D eigenvalue weighted by Crippen LogP contribution is 2.31. The second-order valence-electron chi connectivity index (χ2n) is 7.52. The third-order valence-corrected chi connectivity index (χ3v) is 4.91. The van der Waals surface area contributed by atoms with Crippen LogP contribution in [0.1, 0.15) is 36.0 Å². The lowest BCUT2D eigenvalue weighted by molar-refractivity contribution is -0.139. The van der Waals surface area contributed by atoms with Gasteiger partial charge in [0.15, 0.2) is 0 Å². The molecule has 6 nitrogen and oxygen atoms in total. The number of nitrogens with one attached hydrogen (secondary N) is 2. The minimum absolute atomic E-state index is 0.366. The smallest absolute Gasteiger partial charge is 0.312 e. The number of anilines is 2. The van der Waals surface area contributed by atoms with Gasteiger partial charge in [-0.1, -0.05) is 11.6 Å². The number of hydrogen-bond donors (Lipinski definition) is 3. The number of halogens is 1. The van der Waals surface area contributed by atoms with Crippen molar-refractivity contribution in [2.24, 2.45) is 5.92 Å². The predicted octanol–water partition coefficient (Wildman–Crippen LogP) is 4.77. The normalized spacial score (nSPS) is 13.1. The molecule has 154 valence electrons. The van der Waals surface area contributed by atoms with Gasteiger partial charge in [-0.05, 0) is 79.6 Å². The van der Waals surface area contributed by atoms with Gasteiger partial charge in [0.2, 0.25) is 5.91 Å². The molecule has 0 radical (unpaired) electrons. The Morgan fingerprint density at radius 2 is 1.79 bits per heavy atom. The molecule has 0 aromatic heterocycles. The fourth-order valence-electron chi connectivity index (χ4n) is 3.17. The predicted molar refractivity (Wildman–Crippen MR) is 114 cm³/mol. The van der Waals surface area contributed by atoms with Gasteiger partial charge in [0.25, 0.3) is 0 Å². The van der Waals surface area contributed by atoms with E-state index in [1.807, 2.05) is 32.0 Å². The molecule has 3 rings (SSSR count). The molecule has 0 aliphatic heterocycles. The van der Waals surface area contributed by atoms with Crippen LogP contribution in [0.2, 0.25) is 5.02 Å². The van der Waals surface area contributed by atoms with E-state index in [9.17, 15) is 9.59 Å². The molecule has 1 amide bonds. The number of benzene rings is 2. The van der Waals surface area contributed by atoms with Gasteiger partial charge in [-0.25, -0.2) is 0 Å². The number of aliphatic carboxylic acids is 1. The first-order chi connectivity index (χ1) is 13.8. The zero-order valence-corrected chi connectivity index (χ0v) is 17.3. The van der Waals surface area contributed by atoms with Gasteiger partial charge in [0, 0.05) is 22.9 Å². The summed E-state index contributed by atoms with van der Waals surface area (Å²) in [5.74, 6) is -0.222. The molecular formula is C22H25ClN2O4. The largest absolute Gasteiger partial charge is 0.488 e. The molecule has 2 aromatic carbocycles. The van der Waals surface area contributed by atoms with Gasteiger partial charge >= 0.3 is 5.97 Å². The summed E-state index contributed by atoms with van der Waals surface area (Å²) >= 11 is 6.25. The summed E-state index contributed by atoms with van der Waals surface area (Å²) in [7, 11) is 0. The number of carboxylic acids is 1. The van der Waals surface area contributed by atoms with Crippen LogP contribution in [0.15, 0.2) is 30.3 Å². The van der Waals surface area contributed by atoms with E-state index < -0.39 is 18.3 Å². The average Bonchev–Trinajstić information content (AvgIpc) is 3.42. The Labute approximate surface area is 175 Å². The van der Waals surface area contributed by atoms with Gasteiger partial charge < -0.3 is 20.5 Å². The number of amides is 1. The van der Waals surface area contributed by atoms with Gasteiger partial charge in [-0.15, -0.1) is 0 Å². The minimum Gasteiger partial charge on any atom is -0.488 e. The molecule has 1 saturated carbocycles. The van der Waals surface area contributed by atoms with E-state index in [0.29, 0.717) is 17.3 Å². The highest BCUT2D eigenvalue weighted by atomic mass is 35.5. The summed E-state index contributed by atoms with van der Waals surface area (Å²) in [5, 5.41) is 15.4. The fourth-order valence-corrected chi connectivity index (χ4v) is 3.43. The van der Waals surface area contributed by atoms with E-state index in [0.717, 1.165) is 40.6 Å². The van der Waals surface area contributed by atoms with Crippen LogP contribution in [-0.4, -0.2) is 23.5 Å². The third kappa shape index (κ3) is 6.39. The molecule has 0 spiro atoms. The third-order valence-electron chi connectivity index (χ3n) is 4.69. The standard InChI is InChI=1S/C22H25ClN2O4/c1-13-5-19(25-20(26)10-21(27)28)6-14(2)22(13)29-12-16-7-17(23)9-18(8-16)24-11-15-3-4-15/h5-9,15,24H,3-4,10-12H2,1-2H3,(H,25,26)(H,27,28). The summed E-state index contributed by atoms with van der Waals surface area (Å²) in [5.41, 5.74) is 4.21. The molecule has 1 aliphatic carbocycles. The molecule has 29 heavy (non-hydrogen) atoms. The Bertz CT molecular complexity index is 902. The van der Waals surface area contributed by atoms with Crippen LogP contribution in [0, 0.1) is 19.8 Å². The quantitative estimate of drug-likeness (QED) is 0.512. The van der Waals surface area contributed by atoms with Crippen LogP contribution in [-0.2, 0) is 16.2 Å². The van der Waals surface area contributed by atoms with Crippen molar-refractivity contribution in [1.29, 1.82) is 0 Å². The lowest BCUT2D eigenvalue weighted by Gasteiger charge is -2.15. The molecule has 0 heterocycles. The number of carboxylic acid groups (broad SMARTS) is 1. The van der Waals surface area contributed by atoms with Crippen molar-refractivity contribution >= 4 is 34.9 Å².